The van der Waals surface area contributed by atoms with E-state index in [4.69, 9.17) is 4.74 Å². The Bertz CT molecular complexity index is 648. The van der Waals surface area contributed by atoms with E-state index in [1.165, 1.54) is 5.56 Å². The summed E-state index contributed by atoms with van der Waals surface area (Å²) in [7, 11) is 1.67. The van der Waals surface area contributed by atoms with Gasteiger partial charge in [0.2, 0.25) is 11.8 Å². The van der Waals surface area contributed by atoms with Crippen molar-refractivity contribution >= 4 is 17.5 Å². The molecule has 5 heteroatoms. The maximum Gasteiger partial charge on any atom is 0.227 e. The van der Waals surface area contributed by atoms with Crippen molar-refractivity contribution in [2.75, 3.05) is 25.2 Å². The molecule has 5 nitrogen and oxygen atoms in total. The van der Waals surface area contributed by atoms with E-state index >= 15 is 0 Å². The summed E-state index contributed by atoms with van der Waals surface area (Å²) in [6, 6.07) is 8.09. The molecule has 142 valence electrons. The SMILES string of the molecule is COCC1(NC(=O)C2CC(=O)N(c3ccc(C(C)C)cc3)C2)CCCC1. The molecule has 1 aliphatic carbocycles. The number of benzene rings is 1. The smallest absolute Gasteiger partial charge is 0.227 e. The van der Waals surface area contributed by atoms with Crippen LogP contribution in [0.2, 0.25) is 0 Å². The number of amides is 2. The first-order chi connectivity index (χ1) is 12.4. The molecule has 2 aliphatic rings. The maximum absolute atomic E-state index is 12.8. The molecule has 0 spiro atoms. The molecule has 3 rings (SSSR count). The van der Waals surface area contributed by atoms with E-state index in [-0.39, 0.29) is 29.7 Å². The average Bonchev–Trinajstić information content (AvgIpc) is 3.22. The van der Waals surface area contributed by atoms with Crippen LogP contribution in [0.5, 0.6) is 0 Å². The summed E-state index contributed by atoms with van der Waals surface area (Å²) in [5, 5.41) is 3.21. The predicted molar refractivity (Wildman–Crippen MR) is 102 cm³/mol. The van der Waals surface area contributed by atoms with Crippen molar-refractivity contribution in [3.05, 3.63) is 29.8 Å². The van der Waals surface area contributed by atoms with Crippen molar-refractivity contribution in [1.29, 1.82) is 0 Å². The number of nitrogens with one attached hydrogen (secondary N) is 1. The number of hydrogen-bond acceptors (Lipinski definition) is 3. The Morgan fingerprint density at radius 3 is 2.50 bits per heavy atom. The monoisotopic (exact) mass is 358 g/mol. The number of rotatable bonds is 6. The lowest BCUT2D eigenvalue weighted by atomic mass is 9.96. The number of carbonyl (C=O) groups excluding carboxylic acids is 2. The van der Waals surface area contributed by atoms with Gasteiger partial charge in [-0.25, -0.2) is 0 Å². The summed E-state index contributed by atoms with van der Waals surface area (Å²) in [6.07, 6.45) is 4.41. The van der Waals surface area contributed by atoms with E-state index in [2.05, 4.69) is 31.3 Å². The van der Waals surface area contributed by atoms with Gasteiger partial charge in [0.25, 0.3) is 0 Å². The highest BCUT2D eigenvalue weighted by Gasteiger charge is 2.40. The molecule has 2 amide bonds. The second-order valence-electron chi connectivity index (χ2n) is 8.06. The van der Waals surface area contributed by atoms with Gasteiger partial charge >= 0.3 is 0 Å². The topological polar surface area (TPSA) is 58.6 Å². The Morgan fingerprint density at radius 2 is 1.92 bits per heavy atom. The van der Waals surface area contributed by atoms with Crippen LogP contribution in [0, 0.1) is 5.92 Å². The minimum atomic E-state index is -0.290. The average molecular weight is 358 g/mol. The van der Waals surface area contributed by atoms with E-state index in [1.807, 2.05) is 12.1 Å². The number of carbonyl (C=O) groups is 2. The molecule has 2 fully saturated rings. The van der Waals surface area contributed by atoms with Crippen molar-refractivity contribution in [2.45, 2.75) is 57.4 Å². The fraction of sp³-hybridized carbons (Fsp3) is 0.619. The summed E-state index contributed by atoms with van der Waals surface area (Å²) in [6.45, 7) is 5.29. The van der Waals surface area contributed by atoms with Gasteiger partial charge in [-0.3, -0.25) is 9.59 Å². The lowest BCUT2D eigenvalue weighted by molar-refractivity contribution is -0.128. The fourth-order valence-electron chi connectivity index (χ4n) is 4.17. The van der Waals surface area contributed by atoms with Gasteiger partial charge in [0.15, 0.2) is 0 Å². The Kier molecular flexibility index (Phi) is 5.66. The number of methoxy groups -OCH3 is 1. The summed E-state index contributed by atoms with van der Waals surface area (Å²) in [4.78, 5) is 27.0. The van der Waals surface area contributed by atoms with Gasteiger partial charge in [0, 0.05) is 25.8 Å². The molecule has 0 bridgehead atoms. The highest BCUT2D eigenvalue weighted by atomic mass is 16.5. The third kappa shape index (κ3) is 3.93. The van der Waals surface area contributed by atoms with Gasteiger partial charge in [-0.15, -0.1) is 0 Å². The van der Waals surface area contributed by atoms with E-state index in [0.29, 0.717) is 19.1 Å². The molecule has 1 atom stereocenters. The van der Waals surface area contributed by atoms with E-state index < -0.39 is 0 Å². The van der Waals surface area contributed by atoms with Crippen molar-refractivity contribution < 1.29 is 14.3 Å². The molecule has 1 aliphatic heterocycles. The molecule has 1 aromatic carbocycles. The van der Waals surface area contributed by atoms with Crippen LogP contribution in [0.25, 0.3) is 0 Å². The molecule has 1 saturated carbocycles. The zero-order chi connectivity index (χ0) is 18.7. The summed E-state index contributed by atoms with van der Waals surface area (Å²) in [5.41, 5.74) is 1.88. The summed E-state index contributed by atoms with van der Waals surface area (Å²) in [5.74, 6) is 0.176. The number of hydrogen-bond donors (Lipinski definition) is 1. The van der Waals surface area contributed by atoms with Crippen LogP contribution in [0.3, 0.4) is 0 Å². The van der Waals surface area contributed by atoms with Gasteiger partial charge in [0.1, 0.15) is 0 Å². The van der Waals surface area contributed by atoms with Gasteiger partial charge in [-0.2, -0.15) is 0 Å². The minimum absolute atomic E-state index is 0.0152. The lowest BCUT2D eigenvalue weighted by Crippen LogP contribution is -2.51. The number of anilines is 1. The second kappa shape index (κ2) is 7.78. The van der Waals surface area contributed by atoms with Crippen LogP contribution in [0.1, 0.15) is 57.4 Å². The standard InChI is InChI=1S/C21H30N2O3/c1-15(2)16-6-8-18(9-7-16)23-13-17(12-19(23)24)20(25)22-21(14-26-3)10-4-5-11-21/h6-9,15,17H,4-5,10-14H2,1-3H3,(H,22,25). The van der Waals surface area contributed by atoms with E-state index in [1.54, 1.807) is 12.0 Å². The van der Waals surface area contributed by atoms with Crippen LogP contribution in [0.15, 0.2) is 24.3 Å². The quantitative estimate of drug-likeness (QED) is 0.849. The molecule has 0 radical (unpaired) electrons. The second-order valence-corrected chi connectivity index (χ2v) is 8.06. The number of nitrogens with zero attached hydrogens (tertiary/aromatic N) is 1. The Hall–Kier alpha value is -1.88. The Morgan fingerprint density at radius 1 is 1.27 bits per heavy atom. The molecule has 1 saturated heterocycles. The van der Waals surface area contributed by atoms with Crippen LogP contribution in [0.4, 0.5) is 5.69 Å². The molecule has 1 aromatic rings. The first kappa shape index (κ1) is 18.9. The zero-order valence-electron chi connectivity index (χ0n) is 16.1. The van der Waals surface area contributed by atoms with Gasteiger partial charge in [0.05, 0.1) is 18.1 Å². The van der Waals surface area contributed by atoms with Crippen molar-refractivity contribution in [1.82, 2.24) is 5.32 Å². The lowest BCUT2D eigenvalue weighted by Gasteiger charge is -2.30. The highest BCUT2D eigenvalue weighted by molar-refractivity contribution is 6.00. The Labute approximate surface area is 156 Å². The van der Waals surface area contributed by atoms with Crippen LogP contribution in [-0.4, -0.2) is 37.6 Å². The van der Waals surface area contributed by atoms with Gasteiger partial charge in [-0.1, -0.05) is 38.8 Å². The summed E-state index contributed by atoms with van der Waals surface area (Å²) < 4.78 is 5.34. The molecule has 0 aromatic heterocycles. The minimum Gasteiger partial charge on any atom is -0.382 e. The molecular formula is C21H30N2O3. The fourth-order valence-corrected chi connectivity index (χ4v) is 4.17. The van der Waals surface area contributed by atoms with Crippen LogP contribution in [-0.2, 0) is 14.3 Å². The first-order valence-corrected chi connectivity index (χ1v) is 9.65. The van der Waals surface area contributed by atoms with Gasteiger partial charge in [-0.05, 0) is 36.5 Å². The number of ether oxygens (including phenoxy) is 1. The highest BCUT2D eigenvalue weighted by Crippen LogP contribution is 2.32. The molecule has 1 unspecified atom stereocenters. The van der Waals surface area contributed by atoms with Crippen molar-refractivity contribution in [2.24, 2.45) is 5.92 Å². The van der Waals surface area contributed by atoms with E-state index in [9.17, 15) is 9.59 Å². The summed E-state index contributed by atoms with van der Waals surface area (Å²) >= 11 is 0. The van der Waals surface area contributed by atoms with Crippen LogP contribution < -0.4 is 10.2 Å². The Balaban J connectivity index is 1.66. The van der Waals surface area contributed by atoms with E-state index in [0.717, 1.165) is 31.4 Å². The largest absolute Gasteiger partial charge is 0.382 e. The third-order valence-electron chi connectivity index (χ3n) is 5.74. The molecule has 26 heavy (non-hydrogen) atoms. The third-order valence-corrected chi connectivity index (χ3v) is 5.74. The maximum atomic E-state index is 12.8. The van der Waals surface area contributed by atoms with Gasteiger partial charge < -0.3 is 15.0 Å². The van der Waals surface area contributed by atoms with Crippen molar-refractivity contribution in [3.63, 3.8) is 0 Å². The first-order valence-electron chi connectivity index (χ1n) is 9.65. The van der Waals surface area contributed by atoms with Crippen molar-refractivity contribution in [3.8, 4) is 0 Å². The predicted octanol–water partition coefficient (Wildman–Crippen LogP) is 3.24. The zero-order valence-corrected chi connectivity index (χ0v) is 16.1. The molecule has 1 N–H and O–H groups in total. The normalized spacial score (nSPS) is 22.2. The molecule has 1 heterocycles. The molecular weight excluding hydrogens is 328 g/mol. The van der Waals surface area contributed by atoms with Crippen LogP contribution >= 0.6 is 0 Å².